The SMILES string of the molecule is Cc1ccc(OC2C(=O)N(CC3CCCO3)C2c2ccc(C#N)cc2)c(C)c1. The van der Waals surface area contributed by atoms with Crippen molar-refractivity contribution in [2.75, 3.05) is 13.2 Å². The van der Waals surface area contributed by atoms with Crippen molar-refractivity contribution in [1.82, 2.24) is 4.90 Å². The number of amides is 1. The fourth-order valence-electron chi connectivity index (χ4n) is 4.02. The molecule has 0 N–H and O–H groups in total. The van der Waals surface area contributed by atoms with Crippen LogP contribution >= 0.6 is 0 Å². The summed E-state index contributed by atoms with van der Waals surface area (Å²) in [6.45, 7) is 5.37. The van der Waals surface area contributed by atoms with Gasteiger partial charge in [0.15, 0.2) is 0 Å². The van der Waals surface area contributed by atoms with Crippen LogP contribution in [0.4, 0.5) is 0 Å². The molecule has 28 heavy (non-hydrogen) atoms. The molecule has 2 aromatic rings. The van der Waals surface area contributed by atoms with Gasteiger partial charge in [-0.2, -0.15) is 5.26 Å². The number of ether oxygens (including phenoxy) is 2. The number of carbonyl (C=O) groups is 1. The molecule has 0 bridgehead atoms. The molecule has 0 radical (unpaired) electrons. The van der Waals surface area contributed by atoms with E-state index >= 15 is 0 Å². The normalized spacial score (nSPS) is 24.0. The smallest absolute Gasteiger partial charge is 0.266 e. The zero-order valence-corrected chi connectivity index (χ0v) is 16.2. The molecule has 3 atom stereocenters. The number of benzene rings is 2. The van der Waals surface area contributed by atoms with Gasteiger partial charge >= 0.3 is 0 Å². The third-order valence-electron chi connectivity index (χ3n) is 5.54. The van der Waals surface area contributed by atoms with E-state index in [2.05, 4.69) is 12.1 Å². The summed E-state index contributed by atoms with van der Waals surface area (Å²) in [6.07, 6.45) is 1.55. The minimum atomic E-state index is -0.559. The molecule has 5 nitrogen and oxygen atoms in total. The van der Waals surface area contributed by atoms with Gasteiger partial charge in [-0.3, -0.25) is 4.79 Å². The lowest BCUT2D eigenvalue weighted by Crippen LogP contribution is -2.62. The van der Waals surface area contributed by atoms with Gasteiger partial charge in [-0.05, 0) is 56.0 Å². The summed E-state index contributed by atoms with van der Waals surface area (Å²) in [5, 5.41) is 9.07. The standard InChI is InChI=1S/C23H24N2O3/c1-15-5-10-20(16(2)12-15)28-22-21(18-8-6-17(13-24)7-9-18)25(23(22)26)14-19-4-3-11-27-19/h5-10,12,19,21-22H,3-4,11,14H2,1-2H3. The predicted molar refractivity (Wildman–Crippen MR) is 105 cm³/mol. The first-order valence-electron chi connectivity index (χ1n) is 9.73. The monoisotopic (exact) mass is 376 g/mol. The van der Waals surface area contributed by atoms with Gasteiger partial charge in [0.2, 0.25) is 6.10 Å². The van der Waals surface area contributed by atoms with Gasteiger partial charge in [0.1, 0.15) is 11.8 Å². The molecule has 0 aromatic heterocycles. The quantitative estimate of drug-likeness (QED) is 0.747. The number of rotatable bonds is 5. The van der Waals surface area contributed by atoms with Gasteiger partial charge < -0.3 is 14.4 Å². The highest BCUT2D eigenvalue weighted by Crippen LogP contribution is 2.39. The summed E-state index contributed by atoms with van der Waals surface area (Å²) in [5.74, 6) is 0.726. The molecule has 2 saturated heterocycles. The largest absolute Gasteiger partial charge is 0.478 e. The molecule has 2 heterocycles. The number of hydrogen-bond acceptors (Lipinski definition) is 4. The average molecular weight is 376 g/mol. The number of likely N-dealkylation sites (tertiary alicyclic amines) is 1. The second-order valence-corrected chi connectivity index (χ2v) is 7.61. The summed E-state index contributed by atoms with van der Waals surface area (Å²) < 4.78 is 11.9. The first-order chi connectivity index (χ1) is 13.6. The van der Waals surface area contributed by atoms with Gasteiger partial charge in [-0.1, -0.05) is 29.8 Å². The van der Waals surface area contributed by atoms with E-state index in [9.17, 15) is 4.79 Å². The second kappa shape index (κ2) is 7.65. The number of nitriles is 1. The molecule has 1 amide bonds. The first-order valence-corrected chi connectivity index (χ1v) is 9.73. The number of aryl methyl sites for hydroxylation is 2. The number of nitrogens with zero attached hydrogens (tertiary/aromatic N) is 2. The van der Waals surface area contributed by atoms with Gasteiger partial charge in [0.05, 0.1) is 17.7 Å². The summed E-state index contributed by atoms with van der Waals surface area (Å²) in [6, 6.07) is 15.3. The number of carbonyl (C=O) groups excluding carboxylic acids is 1. The van der Waals surface area contributed by atoms with Crippen molar-refractivity contribution in [3.05, 3.63) is 64.7 Å². The molecule has 4 rings (SSSR count). The molecule has 2 aromatic carbocycles. The Kier molecular flexibility index (Phi) is 5.06. The Morgan fingerprint density at radius 2 is 2.00 bits per heavy atom. The predicted octanol–water partition coefficient (Wildman–Crippen LogP) is 3.69. The maximum atomic E-state index is 12.9. The van der Waals surface area contributed by atoms with E-state index in [0.717, 1.165) is 41.9 Å². The minimum Gasteiger partial charge on any atom is -0.478 e. The van der Waals surface area contributed by atoms with Crippen LogP contribution in [0.1, 0.15) is 41.1 Å². The molecule has 3 unspecified atom stereocenters. The van der Waals surface area contributed by atoms with Gasteiger partial charge in [0.25, 0.3) is 5.91 Å². The van der Waals surface area contributed by atoms with Crippen LogP contribution in [0.3, 0.4) is 0 Å². The van der Waals surface area contributed by atoms with E-state index in [-0.39, 0.29) is 18.1 Å². The van der Waals surface area contributed by atoms with Crippen LogP contribution in [0, 0.1) is 25.2 Å². The van der Waals surface area contributed by atoms with E-state index in [0.29, 0.717) is 12.1 Å². The lowest BCUT2D eigenvalue weighted by Gasteiger charge is -2.47. The Labute approximate surface area is 165 Å². The van der Waals surface area contributed by atoms with Crippen LogP contribution in [0.15, 0.2) is 42.5 Å². The molecule has 0 aliphatic carbocycles. The van der Waals surface area contributed by atoms with Crippen LogP contribution in [-0.4, -0.2) is 36.2 Å². The van der Waals surface area contributed by atoms with Gasteiger partial charge in [0, 0.05) is 13.2 Å². The maximum absolute atomic E-state index is 12.9. The summed E-state index contributed by atoms with van der Waals surface area (Å²) in [7, 11) is 0. The summed E-state index contributed by atoms with van der Waals surface area (Å²) >= 11 is 0. The van der Waals surface area contributed by atoms with Gasteiger partial charge in [-0.15, -0.1) is 0 Å². The van der Waals surface area contributed by atoms with Crippen molar-refractivity contribution in [3.63, 3.8) is 0 Å². The summed E-state index contributed by atoms with van der Waals surface area (Å²) in [4.78, 5) is 14.8. The van der Waals surface area contributed by atoms with Crippen molar-refractivity contribution >= 4 is 5.91 Å². The summed E-state index contributed by atoms with van der Waals surface area (Å²) in [5.41, 5.74) is 3.76. The van der Waals surface area contributed by atoms with E-state index in [1.165, 1.54) is 0 Å². The fourth-order valence-corrected chi connectivity index (χ4v) is 4.02. The molecule has 0 saturated carbocycles. The molecule has 2 aliphatic rings. The Morgan fingerprint density at radius 1 is 1.21 bits per heavy atom. The van der Waals surface area contributed by atoms with Crippen LogP contribution < -0.4 is 4.74 Å². The average Bonchev–Trinajstić information content (AvgIpc) is 3.21. The van der Waals surface area contributed by atoms with Crippen molar-refractivity contribution in [2.24, 2.45) is 0 Å². The Hall–Kier alpha value is -2.84. The van der Waals surface area contributed by atoms with E-state index < -0.39 is 6.10 Å². The van der Waals surface area contributed by atoms with Crippen molar-refractivity contribution in [3.8, 4) is 11.8 Å². The van der Waals surface area contributed by atoms with Crippen molar-refractivity contribution in [2.45, 2.75) is 44.9 Å². The van der Waals surface area contributed by atoms with Crippen molar-refractivity contribution in [1.29, 1.82) is 5.26 Å². The molecule has 5 heteroatoms. The third-order valence-corrected chi connectivity index (χ3v) is 5.54. The molecule has 2 aliphatic heterocycles. The number of hydrogen-bond donors (Lipinski definition) is 0. The highest BCUT2D eigenvalue weighted by atomic mass is 16.5. The zero-order chi connectivity index (χ0) is 19.7. The van der Waals surface area contributed by atoms with E-state index in [4.69, 9.17) is 14.7 Å². The van der Waals surface area contributed by atoms with Crippen molar-refractivity contribution < 1.29 is 14.3 Å². The molecule has 0 spiro atoms. The van der Waals surface area contributed by atoms with Crippen LogP contribution in [0.25, 0.3) is 0 Å². The molecular formula is C23H24N2O3. The molecule has 144 valence electrons. The third kappa shape index (κ3) is 3.48. The van der Waals surface area contributed by atoms with Crippen LogP contribution in [0.5, 0.6) is 5.75 Å². The Bertz CT molecular complexity index is 910. The lowest BCUT2D eigenvalue weighted by atomic mass is 9.89. The van der Waals surface area contributed by atoms with Crippen LogP contribution in [0.2, 0.25) is 0 Å². The topological polar surface area (TPSA) is 62.6 Å². The molecule has 2 fully saturated rings. The second-order valence-electron chi connectivity index (χ2n) is 7.61. The van der Waals surface area contributed by atoms with E-state index in [1.807, 2.05) is 43.0 Å². The first kappa shape index (κ1) is 18.5. The lowest BCUT2D eigenvalue weighted by molar-refractivity contribution is -0.167. The van der Waals surface area contributed by atoms with Gasteiger partial charge in [-0.25, -0.2) is 0 Å². The number of β-lactam (4-membered cyclic amide) rings is 1. The highest BCUT2D eigenvalue weighted by Gasteiger charge is 2.51. The Morgan fingerprint density at radius 3 is 2.64 bits per heavy atom. The van der Waals surface area contributed by atoms with E-state index in [1.54, 1.807) is 12.1 Å². The maximum Gasteiger partial charge on any atom is 0.266 e. The zero-order valence-electron chi connectivity index (χ0n) is 16.2. The highest BCUT2D eigenvalue weighted by molar-refractivity contribution is 5.89. The fraction of sp³-hybridized carbons (Fsp3) is 0.391. The van der Waals surface area contributed by atoms with Crippen LogP contribution in [-0.2, 0) is 9.53 Å². The minimum absolute atomic E-state index is 0.00941. The Balaban J connectivity index is 1.59. The molecular weight excluding hydrogens is 352 g/mol.